The highest BCUT2D eigenvalue weighted by Crippen LogP contribution is 2.36. The number of pyridine rings is 1. The SMILES string of the molecule is CC(=O)N(c1ccc(C)cc1)c1nc(Cc2ccncc2C)c(Br)s1.I. The quantitative estimate of drug-likeness (QED) is 0.390. The number of hydrogen-bond donors (Lipinski definition) is 0. The van der Waals surface area contributed by atoms with Crippen LogP contribution in [0.2, 0.25) is 0 Å². The summed E-state index contributed by atoms with van der Waals surface area (Å²) >= 11 is 5.07. The van der Waals surface area contributed by atoms with Crippen LogP contribution in [-0.2, 0) is 11.2 Å². The van der Waals surface area contributed by atoms with Gasteiger partial charge >= 0.3 is 0 Å². The fourth-order valence-corrected chi connectivity index (χ4v) is 4.07. The molecule has 0 aliphatic rings. The number of rotatable bonds is 4. The molecule has 0 aliphatic heterocycles. The maximum absolute atomic E-state index is 12.2. The minimum absolute atomic E-state index is 0. The van der Waals surface area contributed by atoms with Gasteiger partial charge in [-0.3, -0.25) is 14.7 Å². The Morgan fingerprint density at radius 1 is 1.19 bits per heavy atom. The number of nitrogens with zero attached hydrogens (tertiary/aromatic N) is 3. The van der Waals surface area contributed by atoms with Gasteiger partial charge in [-0.1, -0.05) is 29.0 Å². The lowest BCUT2D eigenvalue weighted by Crippen LogP contribution is -2.22. The summed E-state index contributed by atoms with van der Waals surface area (Å²) in [7, 11) is 0. The van der Waals surface area contributed by atoms with E-state index in [4.69, 9.17) is 4.98 Å². The van der Waals surface area contributed by atoms with E-state index in [1.165, 1.54) is 16.9 Å². The summed E-state index contributed by atoms with van der Waals surface area (Å²) in [4.78, 5) is 22.7. The highest BCUT2D eigenvalue weighted by molar-refractivity contribution is 14.0. The fraction of sp³-hybridized carbons (Fsp3) is 0.211. The minimum Gasteiger partial charge on any atom is -0.274 e. The summed E-state index contributed by atoms with van der Waals surface area (Å²) in [6.07, 6.45) is 4.34. The zero-order valence-electron chi connectivity index (χ0n) is 14.7. The molecule has 1 amide bonds. The van der Waals surface area contributed by atoms with Crippen molar-refractivity contribution >= 4 is 68.0 Å². The van der Waals surface area contributed by atoms with Crippen molar-refractivity contribution < 1.29 is 4.79 Å². The summed E-state index contributed by atoms with van der Waals surface area (Å²) < 4.78 is 0.942. The van der Waals surface area contributed by atoms with Crippen molar-refractivity contribution in [1.29, 1.82) is 0 Å². The number of amides is 1. The van der Waals surface area contributed by atoms with Gasteiger partial charge in [0, 0.05) is 25.7 Å². The van der Waals surface area contributed by atoms with E-state index in [9.17, 15) is 4.79 Å². The molecule has 7 heteroatoms. The molecule has 136 valence electrons. The zero-order valence-corrected chi connectivity index (χ0v) is 19.4. The number of carbonyl (C=O) groups is 1. The van der Waals surface area contributed by atoms with Gasteiger partial charge in [0.2, 0.25) is 5.91 Å². The zero-order chi connectivity index (χ0) is 18.0. The molecule has 1 aromatic carbocycles. The average Bonchev–Trinajstić information content (AvgIpc) is 2.92. The molecule has 2 heterocycles. The van der Waals surface area contributed by atoms with Gasteiger partial charge in [0.05, 0.1) is 15.2 Å². The third-order valence-corrected chi connectivity index (χ3v) is 5.75. The Balaban J connectivity index is 0.00000243. The molecule has 0 unspecified atom stereocenters. The molecule has 0 fully saturated rings. The van der Waals surface area contributed by atoms with Gasteiger partial charge in [-0.05, 0) is 59.1 Å². The van der Waals surface area contributed by atoms with Gasteiger partial charge in [0.25, 0.3) is 0 Å². The smallest absolute Gasteiger partial charge is 0.230 e. The number of halogens is 2. The van der Waals surface area contributed by atoms with E-state index in [0.717, 1.165) is 26.3 Å². The van der Waals surface area contributed by atoms with Crippen molar-refractivity contribution in [2.24, 2.45) is 0 Å². The Morgan fingerprint density at radius 2 is 1.88 bits per heavy atom. The first-order valence-corrected chi connectivity index (χ1v) is 9.48. The van der Waals surface area contributed by atoms with Gasteiger partial charge in [0.15, 0.2) is 5.13 Å². The largest absolute Gasteiger partial charge is 0.274 e. The number of aryl methyl sites for hydroxylation is 2. The molecule has 0 atom stereocenters. The van der Waals surface area contributed by atoms with Crippen LogP contribution < -0.4 is 4.90 Å². The Hall–Kier alpha value is -1.32. The first-order valence-electron chi connectivity index (χ1n) is 7.87. The van der Waals surface area contributed by atoms with E-state index in [1.807, 2.05) is 50.4 Å². The standard InChI is InChI=1S/C19H18BrN3OS.HI/c1-12-4-6-16(7-5-12)23(14(3)24)19-22-17(18(20)25-19)10-15-8-9-21-11-13(15)2;/h4-9,11H,10H2,1-3H3;1H. The molecular weight excluding hydrogens is 525 g/mol. The van der Waals surface area contributed by atoms with E-state index < -0.39 is 0 Å². The second-order valence-electron chi connectivity index (χ2n) is 5.89. The van der Waals surface area contributed by atoms with Crippen LogP contribution in [0, 0.1) is 13.8 Å². The average molecular weight is 544 g/mol. The van der Waals surface area contributed by atoms with Crippen molar-refractivity contribution in [3.05, 3.63) is 68.9 Å². The number of hydrogen-bond acceptors (Lipinski definition) is 4. The number of benzene rings is 1. The maximum Gasteiger partial charge on any atom is 0.230 e. The van der Waals surface area contributed by atoms with Crippen LogP contribution in [-0.4, -0.2) is 15.9 Å². The van der Waals surface area contributed by atoms with Crippen LogP contribution >= 0.6 is 51.2 Å². The second-order valence-corrected chi connectivity index (χ2v) is 8.18. The molecule has 3 aromatic rings. The molecule has 4 nitrogen and oxygen atoms in total. The monoisotopic (exact) mass is 543 g/mol. The molecular formula is C19H19BrIN3OS. The summed E-state index contributed by atoms with van der Waals surface area (Å²) in [6, 6.07) is 9.88. The molecule has 0 saturated heterocycles. The summed E-state index contributed by atoms with van der Waals surface area (Å²) in [5, 5.41) is 0.671. The van der Waals surface area contributed by atoms with Crippen LogP contribution in [0.1, 0.15) is 29.3 Å². The molecule has 0 radical (unpaired) electrons. The molecule has 0 N–H and O–H groups in total. The second kappa shape index (κ2) is 9.05. The van der Waals surface area contributed by atoms with Crippen molar-refractivity contribution in [3.8, 4) is 0 Å². The van der Waals surface area contributed by atoms with Crippen molar-refractivity contribution in [1.82, 2.24) is 9.97 Å². The van der Waals surface area contributed by atoms with Gasteiger partial charge in [-0.2, -0.15) is 0 Å². The first-order chi connectivity index (χ1) is 12.0. The molecule has 3 rings (SSSR count). The molecule has 0 aliphatic carbocycles. The van der Waals surface area contributed by atoms with Gasteiger partial charge in [0.1, 0.15) is 0 Å². The topological polar surface area (TPSA) is 46.1 Å². The number of aromatic nitrogens is 2. The van der Waals surface area contributed by atoms with E-state index in [-0.39, 0.29) is 29.9 Å². The lowest BCUT2D eigenvalue weighted by atomic mass is 10.1. The van der Waals surface area contributed by atoms with E-state index in [2.05, 4.69) is 20.9 Å². The normalized spacial score (nSPS) is 10.3. The third-order valence-electron chi connectivity index (χ3n) is 3.93. The predicted molar refractivity (Wildman–Crippen MR) is 121 cm³/mol. The van der Waals surface area contributed by atoms with Crippen LogP contribution in [0.3, 0.4) is 0 Å². The number of thiazole rings is 1. The van der Waals surface area contributed by atoms with Crippen LogP contribution in [0.5, 0.6) is 0 Å². The molecule has 0 saturated carbocycles. The highest BCUT2D eigenvalue weighted by atomic mass is 127. The first kappa shape index (κ1) is 21.0. The van der Waals surface area contributed by atoms with Crippen LogP contribution in [0.25, 0.3) is 0 Å². The summed E-state index contributed by atoms with van der Waals surface area (Å²) in [5.41, 5.74) is 5.21. The lowest BCUT2D eigenvalue weighted by molar-refractivity contribution is -0.115. The van der Waals surface area contributed by atoms with E-state index in [0.29, 0.717) is 11.6 Å². The highest BCUT2D eigenvalue weighted by Gasteiger charge is 2.20. The van der Waals surface area contributed by atoms with Crippen molar-refractivity contribution in [3.63, 3.8) is 0 Å². The van der Waals surface area contributed by atoms with Gasteiger partial charge in [-0.15, -0.1) is 24.0 Å². The van der Waals surface area contributed by atoms with Crippen LogP contribution in [0.4, 0.5) is 10.8 Å². The third kappa shape index (κ3) is 4.69. The molecule has 26 heavy (non-hydrogen) atoms. The Kier molecular flexibility index (Phi) is 7.31. The summed E-state index contributed by atoms with van der Waals surface area (Å²) in [6.45, 7) is 5.62. The Bertz CT molecular complexity index is 911. The molecule has 2 aromatic heterocycles. The van der Waals surface area contributed by atoms with Gasteiger partial charge < -0.3 is 0 Å². The lowest BCUT2D eigenvalue weighted by Gasteiger charge is -2.18. The molecule has 0 bridgehead atoms. The predicted octanol–water partition coefficient (Wildman–Crippen LogP) is 5.81. The van der Waals surface area contributed by atoms with Crippen molar-refractivity contribution in [2.75, 3.05) is 4.90 Å². The Morgan fingerprint density at radius 3 is 2.50 bits per heavy atom. The minimum atomic E-state index is -0.0586. The van der Waals surface area contributed by atoms with E-state index in [1.54, 1.807) is 18.0 Å². The number of anilines is 2. The van der Waals surface area contributed by atoms with Crippen molar-refractivity contribution in [2.45, 2.75) is 27.2 Å². The molecule has 0 spiro atoms. The maximum atomic E-state index is 12.2. The summed E-state index contributed by atoms with van der Waals surface area (Å²) in [5.74, 6) is -0.0586. The van der Waals surface area contributed by atoms with Crippen LogP contribution in [0.15, 0.2) is 46.5 Å². The van der Waals surface area contributed by atoms with Gasteiger partial charge in [-0.25, -0.2) is 4.98 Å². The van der Waals surface area contributed by atoms with E-state index >= 15 is 0 Å². The Labute approximate surface area is 182 Å². The fourth-order valence-electron chi connectivity index (χ4n) is 2.53. The number of carbonyl (C=O) groups excluding carboxylic acids is 1.